The minimum atomic E-state index is -5.86. The van der Waals surface area contributed by atoms with Gasteiger partial charge in [-0.25, -0.2) is 0 Å². The summed E-state index contributed by atoms with van der Waals surface area (Å²) < 4.78 is 110. The topological polar surface area (TPSA) is 52.6 Å². The van der Waals surface area contributed by atoms with Gasteiger partial charge in [-0.2, -0.15) is 35.1 Å². The molecule has 0 aromatic carbocycles. The molecule has 0 heterocycles. The van der Waals surface area contributed by atoms with E-state index in [2.05, 4.69) is 9.47 Å². The van der Waals surface area contributed by atoms with Gasteiger partial charge in [-0.1, -0.05) is 6.92 Å². The molecule has 0 N–H and O–H groups in total. The van der Waals surface area contributed by atoms with Crippen molar-refractivity contribution in [2.24, 2.45) is 11.8 Å². The zero-order valence-corrected chi connectivity index (χ0v) is 16.3. The van der Waals surface area contributed by atoms with E-state index in [9.17, 15) is 44.7 Å². The lowest BCUT2D eigenvalue weighted by Crippen LogP contribution is -2.39. The second-order valence-corrected chi connectivity index (χ2v) is 7.45. The van der Waals surface area contributed by atoms with Crippen LogP contribution in [0, 0.1) is 11.8 Å². The largest absolute Gasteiger partial charge is 0.465 e. The van der Waals surface area contributed by atoms with Gasteiger partial charge in [0.2, 0.25) is 0 Å². The van der Waals surface area contributed by atoms with Crippen LogP contribution in [0.5, 0.6) is 0 Å². The highest BCUT2D eigenvalue weighted by Crippen LogP contribution is 2.39. The van der Waals surface area contributed by atoms with Gasteiger partial charge in [0.25, 0.3) is 0 Å². The van der Waals surface area contributed by atoms with Gasteiger partial charge in [0.15, 0.2) is 6.10 Å². The van der Waals surface area contributed by atoms with Crippen LogP contribution in [0.1, 0.15) is 58.3 Å². The number of hydrogen-bond acceptors (Lipinski definition) is 4. The molecule has 0 spiro atoms. The lowest BCUT2D eigenvalue weighted by molar-refractivity contribution is -0.284. The van der Waals surface area contributed by atoms with E-state index in [0.29, 0.717) is 32.1 Å². The van der Waals surface area contributed by atoms with Crippen molar-refractivity contribution in [3.8, 4) is 0 Å². The molecule has 30 heavy (non-hydrogen) atoms. The first-order chi connectivity index (χ1) is 13.7. The van der Waals surface area contributed by atoms with E-state index in [4.69, 9.17) is 0 Å². The van der Waals surface area contributed by atoms with Crippen molar-refractivity contribution in [3.63, 3.8) is 0 Å². The maximum Gasteiger partial charge on any atom is 0.453 e. The Hall–Kier alpha value is -1.62. The standard InChI is InChI=1S/C18H24F8O4/c1-2-3-14(27)30-13(17(21,22)23)8-11-4-6-12(7-5-11)10-29-15(28)9-16(19,20)18(24,25)26/h11-13H,2-10H2,1H3. The normalized spacial score (nSPS) is 21.8. The van der Waals surface area contributed by atoms with Crippen molar-refractivity contribution in [1.29, 1.82) is 0 Å². The fourth-order valence-corrected chi connectivity index (χ4v) is 3.15. The predicted octanol–water partition coefficient (Wildman–Crippen LogP) is 5.59. The van der Waals surface area contributed by atoms with Gasteiger partial charge in [-0.3, -0.25) is 9.59 Å². The van der Waals surface area contributed by atoms with Crippen LogP contribution < -0.4 is 0 Å². The van der Waals surface area contributed by atoms with E-state index in [1.165, 1.54) is 0 Å². The Morgan fingerprint density at radius 1 is 0.900 bits per heavy atom. The number of esters is 2. The van der Waals surface area contributed by atoms with Crippen LogP contribution in [0.4, 0.5) is 35.1 Å². The second-order valence-electron chi connectivity index (χ2n) is 7.45. The highest BCUT2D eigenvalue weighted by atomic mass is 19.4. The van der Waals surface area contributed by atoms with Crippen molar-refractivity contribution in [3.05, 3.63) is 0 Å². The van der Waals surface area contributed by atoms with Gasteiger partial charge >= 0.3 is 30.2 Å². The molecule has 0 radical (unpaired) electrons. The number of hydrogen-bond donors (Lipinski definition) is 0. The molecule has 0 amide bonds. The van der Waals surface area contributed by atoms with E-state index in [0.717, 1.165) is 0 Å². The van der Waals surface area contributed by atoms with Crippen LogP contribution in [0.25, 0.3) is 0 Å². The van der Waals surface area contributed by atoms with E-state index in [1.54, 1.807) is 6.92 Å². The SMILES string of the molecule is CCCC(=O)OC(CC1CCC(COC(=O)CC(F)(F)C(F)(F)F)CC1)C(F)(F)F. The molecule has 1 rings (SSSR count). The molecule has 0 aromatic rings. The van der Waals surface area contributed by atoms with Crippen LogP contribution >= 0.6 is 0 Å². The first-order valence-corrected chi connectivity index (χ1v) is 9.52. The van der Waals surface area contributed by atoms with Gasteiger partial charge in [0.1, 0.15) is 6.42 Å². The molecule has 176 valence electrons. The van der Waals surface area contributed by atoms with Crippen molar-refractivity contribution < 1.29 is 54.2 Å². The molecule has 1 fully saturated rings. The quantitative estimate of drug-likeness (QED) is 0.335. The van der Waals surface area contributed by atoms with Gasteiger partial charge in [-0.15, -0.1) is 0 Å². The molecular weight excluding hydrogens is 432 g/mol. The fraction of sp³-hybridized carbons (Fsp3) is 0.889. The summed E-state index contributed by atoms with van der Waals surface area (Å²) in [4.78, 5) is 22.7. The van der Waals surface area contributed by atoms with Gasteiger partial charge in [-0.05, 0) is 50.4 Å². The maximum atomic E-state index is 13.1. The van der Waals surface area contributed by atoms with Crippen LogP contribution in [0.15, 0.2) is 0 Å². The lowest BCUT2D eigenvalue weighted by atomic mass is 9.80. The molecule has 0 aromatic heterocycles. The third kappa shape index (κ3) is 8.63. The molecule has 0 saturated heterocycles. The Kier molecular flexibility index (Phi) is 9.34. The van der Waals surface area contributed by atoms with E-state index < -0.39 is 55.1 Å². The summed E-state index contributed by atoms with van der Waals surface area (Å²) in [6, 6.07) is 0. The molecule has 0 bridgehead atoms. The number of carbonyl (C=O) groups is 2. The third-order valence-electron chi connectivity index (χ3n) is 4.87. The zero-order valence-electron chi connectivity index (χ0n) is 16.3. The highest BCUT2D eigenvalue weighted by Gasteiger charge is 2.58. The molecule has 12 heteroatoms. The van der Waals surface area contributed by atoms with Gasteiger partial charge in [0, 0.05) is 6.42 Å². The van der Waals surface area contributed by atoms with Crippen LogP contribution in [0.2, 0.25) is 0 Å². The van der Waals surface area contributed by atoms with Crippen molar-refractivity contribution in [1.82, 2.24) is 0 Å². The van der Waals surface area contributed by atoms with Gasteiger partial charge in [0.05, 0.1) is 6.61 Å². The molecule has 1 atom stereocenters. The van der Waals surface area contributed by atoms with Crippen molar-refractivity contribution in [2.45, 2.75) is 82.7 Å². The average molecular weight is 456 g/mol. The van der Waals surface area contributed by atoms with E-state index in [-0.39, 0.29) is 18.9 Å². The molecule has 1 aliphatic rings. The Bertz CT molecular complexity index is 566. The zero-order chi connectivity index (χ0) is 23.2. The Balaban J connectivity index is 2.45. The lowest BCUT2D eigenvalue weighted by Gasteiger charge is -2.31. The van der Waals surface area contributed by atoms with Crippen LogP contribution in [0.3, 0.4) is 0 Å². The smallest absolute Gasteiger partial charge is 0.453 e. The first kappa shape index (κ1) is 26.4. The minimum absolute atomic E-state index is 0.127. The fourth-order valence-electron chi connectivity index (χ4n) is 3.15. The molecule has 1 aliphatic carbocycles. The number of rotatable bonds is 9. The van der Waals surface area contributed by atoms with Gasteiger partial charge < -0.3 is 9.47 Å². The third-order valence-corrected chi connectivity index (χ3v) is 4.87. The summed E-state index contributed by atoms with van der Waals surface area (Å²) in [7, 11) is 0. The summed E-state index contributed by atoms with van der Waals surface area (Å²) in [5.41, 5.74) is 0. The molecule has 1 saturated carbocycles. The Morgan fingerprint density at radius 3 is 1.90 bits per heavy atom. The van der Waals surface area contributed by atoms with Crippen molar-refractivity contribution in [2.75, 3.05) is 6.61 Å². The van der Waals surface area contributed by atoms with E-state index in [1.807, 2.05) is 0 Å². The Labute approximate surface area is 168 Å². The highest BCUT2D eigenvalue weighted by molar-refractivity contribution is 5.70. The van der Waals surface area contributed by atoms with E-state index >= 15 is 0 Å². The molecule has 4 nitrogen and oxygen atoms in total. The molecule has 1 unspecified atom stereocenters. The number of carbonyl (C=O) groups excluding carboxylic acids is 2. The average Bonchev–Trinajstić information content (AvgIpc) is 2.58. The molecule has 0 aliphatic heterocycles. The predicted molar refractivity (Wildman–Crippen MR) is 87.5 cm³/mol. The summed E-state index contributed by atoms with van der Waals surface area (Å²) in [6.45, 7) is 1.25. The van der Waals surface area contributed by atoms with Crippen LogP contribution in [-0.2, 0) is 19.1 Å². The number of halogens is 8. The maximum absolute atomic E-state index is 13.1. The number of alkyl halides is 8. The first-order valence-electron chi connectivity index (χ1n) is 9.52. The Morgan fingerprint density at radius 2 is 1.43 bits per heavy atom. The summed E-state index contributed by atoms with van der Waals surface area (Å²) >= 11 is 0. The second kappa shape index (κ2) is 10.6. The van der Waals surface area contributed by atoms with Crippen molar-refractivity contribution >= 4 is 11.9 Å². The van der Waals surface area contributed by atoms with Crippen LogP contribution in [-0.4, -0.2) is 42.9 Å². The summed E-state index contributed by atoms with van der Waals surface area (Å²) in [5.74, 6) is -8.58. The monoisotopic (exact) mass is 456 g/mol. The minimum Gasteiger partial charge on any atom is -0.465 e. The summed E-state index contributed by atoms with van der Waals surface area (Å²) in [5, 5.41) is 0. The summed E-state index contributed by atoms with van der Waals surface area (Å²) in [6.07, 6.45) is -13.9. The number of ether oxygens (including phenoxy) is 2. The molecular formula is C18H24F8O4.